The first kappa shape index (κ1) is 13.3. The summed E-state index contributed by atoms with van der Waals surface area (Å²) in [5, 5.41) is 8.81. The van der Waals surface area contributed by atoms with E-state index in [1.807, 2.05) is 0 Å². The number of hydrogen-bond donors (Lipinski definition) is 1. The first-order valence-corrected chi connectivity index (χ1v) is 5.68. The van der Waals surface area contributed by atoms with Gasteiger partial charge in [-0.25, -0.2) is 14.2 Å². The van der Waals surface area contributed by atoms with E-state index < -0.39 is 11.8 Å². The van der Waals surface area contributed by atoms with Gasteiger partial charge in [-0.3, -0.25) is 0 Å². The summed E-state index contributed by atoms with van der Waals surface area (Å²) in [6.45, 7) is 1.65. The zero-order valence-corrected chi connectivity index (χ0v) is 10.6. The molecule has 1 aromatic heterocycles. The molecular formula is C13H9ClFNO3. The van der Waals surface area contributed by atoms with Crippen LogP contribution in [0.3, 0.4) is 0 Å². The van der Waals surface area contributed by atoms with Crippen LogP contribution in [0.15, 0.2) is 30.5 Å². The molecule has 0 saturated carbocycles. The van der Waals surface area contributed by atoms with E-state index in [2.05, 4.69) is 4.98 Å². The monoisotopic (exact) mass is 281 g/mol. The number of rotatable bonds is 3. The van der Waals surface area contributed by atoms with Gasteiger partial charge in [0, 0.05) is 17.8 Å². The van der Waals surface area contributed by atoms with Gasteiger partial charge >= 0.3 is 5.97 Å². The molecule has 0 amide bonds. The van der Waals surface area contributed by atoms with E-state index in [0.717, 1.165) is 6.07 Å². The molecule has 0 atom stereocenters. The van der Waals surface area contributed by atoms with Gasteiger partial charge in [-0.2, -0.15) is 0 Å². The number of halogens is 2. The van der Waals surface area contributed by atoms with E-state index in [0.29, 0.717) is 5.56 Å². The van der Waals surface area contributed by atoms with Gasteiger partial charge in [-0.05, 0) is 25.1 Å². The predicted octanol–water partition coefficient (Wildman–Crippen LogP) is 3.67. The fourth-order valence-electron chi connectivity index (χ4n) is 1.44. The summed E-state index contributed by atoms with van der Waals surface area (Å²) < 4.78 is 18.6. The maximum absolute atomic E-state index is 13.2. The number of pyridine rings is 1. The van der Waals surface area contributed by atoms with Crippen molar-refractivity contribution in [2.24, 2.45) is 0 Å². The summed E-state index contributed by atoms with van der Waals surface area (Å²) in [5.74, 6) is -1.22. The van der Waals surface area contributed by atoms with Gasteiger partial charge in [-0.1, -0.05) is 11.6 Å². The van der Waals surface area contributed by atoms with Crippen LogP contribution in [-0.2, 0) is 0 Å². The molecule has 19 heavy (non-hydrogen) atoms. The molecule has 0 radical (unpaired) electrons. The summed E-state index contributed by atoms with van der Waals surface area (Å²) in [6, 6.07) is 5.43. The Kier molecular flexibility index (Phi) is 3.66. The van der Waals surface area contributed by atoms with Crippen LogP contribution in [0.25, 0.3) is 0 Å². The van der Waals surface area contributed by atoms with Gasteiger partial charge in [0.05, 0.1) is 10.6 Å². The molecule has 0 bridgehead atoms. The van der Waals surface area contributed by atoms with Crippen LogP contribution in [-0.4, -0.2) is 16.1 Å². The molecule has 0 spiro atoms. The van der Waals surface area contributed by atoms with Crippen LogP contribution in [0.2, 0.25) is 5.02 Å². The number of carboxylic acids is 1. The standard InChI is InChI=1S/C13H9ClFNO3/c1-7-4-8(13(17)18)6-16-12(7)19-9-2-3-10(14)11(15)5-9/h2-6H,1H3,(H,17,18). The topological polar surface area (TPSA) is 59.4 Å². The van der Waals surface area contributed by atoms with E-state index in [1.165, 1.54) is 24.4 Å². The highest BCUT2D eigenvalue weighted by Crippen LogP contribution is 2.26. The number of aromatic carboxylic acids is 1. The van der Waals surface area contributed by atoms with Crippen LogP contribution in [0.5, 0.6) is 11.6 Å². The van der Waals surface area contributed by atoms with E-state index in [4.69, 9.17) is 21.4 Å². The van der Waals surface area contributed by atoms with Gasteiger partial charge in [0.15, 0.2) is 0 Å². The molecule has 0 saturated heterocycles. The summed E-state index contributed by atoms with van der Waals surface area (Å²) in [6.07, 6.45) is 1.18. The predicted molar refractivity (Wildman–Crippen MR) is 67.4 cm³/mol. The normalized spacial score (nSPS) is 10.3. The molecule has 0 fully saturated rings. The molecular weight excluding hydrogens is 273 g/mol. The lowest BCUT2D eigenvalue weighted by molar-refractivity contribution is 0.0696. The molecule has 4 nitrogen and oxygen atoms in total. The van der Waals surface area contributed by atoms with Gasteiger partial charge in [0.25, 0.3) is 0 Å². The second kappa shape index (κ2) is 5.24. The lowest BCUT2D eigenvalue weighted by Gasteiger charge is -2.08. The summed E-state index contributed by atoms with van der Waals surface area (Å²) >= 11 is 5.56. The number of aromatic nitrogens is 1. The zero-order valence-electron chi connectivity index (χ0n) is 9.85. The SMILES string of the molecule is Cc1cc(C(=O)O)cnc1Oc1ccc(Cl)c(F)c1. The van der Waals surface area contributed by atoms with Crippen LogP contribution in [0.4, 0.5) is 4.39 Å². The number of benzene rings is 1. The van der Waals surface area contributed by atoms with Crippen molar-refractivity contribution < 1.29 is 19.0 Å². The summed E-state index contributed by atoms with van der Waals surface area (Å²) in [7, 11) is 0. The molecule has 2 rings (SSSR count). The van der Waals surface area contributed by atoms with E-state index in [9.17, 15) is 9.18 Å². The highest BCUT2D eigenvalue weighted by atomic mass is 35.5. The maximum Gasteiger partial charge on any atom is 0.337 e. The molecule has 2 aromatic rings. The minimum Gasteiger partial charge on any atom is -0.478 e. The Morgan fingerprint density at radius 2 is 2.16 bits per heavy atom. The fraction of sp³-hybridized carbons (Fsp3) is 0.0769. The molecule has 1 aromatic carbocycles. The van der Waals surface area contributed by atoms with Gasteiger partial charge < -0.3 is 9.84 Å². The molecule has 0 aliphatic heterocycles. The van der Waals surface area contributed by atoms with Crippen molar-refractivity contribution in [3.63, 3.8) is 0 Å². The van der Waals surface area contributed by atoms with Crippen LogP contribution >= 0.6 is 11.6 Å². The Bertz CT molecular complexity index is 646. The van der Waals surface area contributed by atoms with Crippen LogP contribution < -0.4 is 4.74 Å². The lowest BCUT2D eigenvalue weighted by Crippen LogP contribution is -2.00. The average molecular weight is 282 g/mol. The third-order valence-electron chi connectivity index (χ3n) is 2.38. The molecule has 1 heterocycles. The van der Waals surface area contributed by atoms with Crippen molar-refractivity contribution >= 4 is 17.6 Å². The Balaban J connectivity index is 2.28. The quantitative estimate of drug-likeness (QED) is 0.932. The molecule has 6 heteroatoms. The van der Waals surface area contributed by atoms with Crippen molar-refractivity contribution in [3.05, 3.63) is 52.4 Å². The third kappa shape index (κ3) is 3.00. The maximum atomic E-state index is 13.2. The summed E-state index contributed by atoms with van der Waals surface area (Å²) in [4.78, 5) is 14.6. The van der Waals surface area contributed by atoms with Gasteiger partial charge in [0.2, 0.25) is 5.88 Å². The highest BCUT2D eigenvalue weighted by Gasteiger charge is 2.10. The van der Waals surface area contributed by atoms with Crippen molar-refractivity contribution in [1.82, 2.24) is 4.98 Å². The zero-order chi connectivity index (χ0) is 14.0. The number of hydrogen-bond acceptors (Lipinski definition) is 3. The smallest absolute Gasteiger partial charge is 0.337 e. The van der Waals surface area contributed by atoms with Gasteiger partial charge in [0.1, 0.15) is 11.6 Å². The number of carbonyl (C=O) groups is 1. The van der Waals surface area contributed by atoms with Crippen molar-refractivity contribution in [1.29, 1.82) is 0 Å². The lowest BCUT2D eigenvalue weighted by atomic mass is 10.2. The number of ether oxygens (including phenoxy) is 1. The second-order valence-corrected chi connectivity index (χ2v) is 4.24. The Morgan fingerprint density at radius 1 is 1.42 bits per heavy atom. The molecule has 0 aliphatic carbocycles. The molecule has 1 N–H and O–H groups in total. The number of carboxylic acid groups (broad SMARTS) is 1. The Labute approximate surface area is 113 Å². The van der Waals surface area contributed by atoms with Gasteiger partial charge in [-0.15, -0.1) is 0 Å². The first-order valence-electron chi connectivity index (χ1n) is 5.30. The van der Waals surface area contributed by atoms with Crippen molar-refractivity contribution in [3.8, 4) is 11.6 Å². The minimum absolute atomic E-state index is 0.00161. The van der Waals surface area contributed by atoms with Crippen LogP contribution in [0.1, 0.15) is 15.9 Å². The van der Waals surface area contributed by atoms with E-state index >= 15 is 0 Å². The minimum atomic E-state index is -1.07. The molecule has 0 aliphatic rings. The fourth-order valence-corrected chi connectivity index (χ4v) is 1.56. The molecule has 0 unspecified atom stereocenters. The van der Waals surface area contributed by atoms with Crippen molar-refractivity contribution in [2.75, 3.05) is 0 Å². The Morgan fingerprint density at radius 3 is 2.74 bits per heavy atom. The Hall–Kier alpha value is -2.14. The highest BCUT2D eigenvalue weighted by molar-refractivity contribution is 6.30. The first-order chi connectivity index (χ1) is 8.97. The number of nitrogens with zero attached hydrogens (tertiary/aromatic N) is 1. The second-order valence-electron chi connectivity index (χ2n) is 3.83. The molecule has 98 valence electrons. The largest absolute Gasteiger partial charge is 0.478 e. The summed E-state index contributed by atoms with van der Waals surface area (Å²) in [5.41, 5.74) is 0.599. The van der Waals surface area contributed by atoms with E-state index in [1.54, 1.807) is 6.92 Å². The number of aryl methyl sites for hydroxylation is 1. The van der Waals surface area contributed by atoms with Crippen molar-refractivity contribution in [2.45, 2.75) is 6.92 Å². The van der Waals surface area contributed by atoms with Crippen LogP contribution in [0, 0.1) is 12.7 Å². The van der Waals surface area contributed by atoms with E-state index in [-0.39, 0.29) is 22.2 Å². The average Bonchev–Trinajstić information content (AvgIpc) is 2.36. The third-order valence-corrected chi connectivity index (χ3v) is 2.69.